The number of hydrazone groups is 1. The van der Waals surface area contributed by atoms with Crippen molar-refractivity contribution in [3.8, 4) is 23.0 Å². The maximum atomic E-state index is 10.8. The zero-order valence-electron chi connectivity index (χ0n) is 16.0. The summed E-state index contributed by atoms with van der Waals surface area (Å²) in [5, 5.41) is 3.86. The molecule has 0 saturated carbocycles. The van der Waals surface area contributed by atoms with Gasteiger partial charge in [-0.2, -0.15) is 5.10 Å². The van der Waals surface area contributed by atoms with Gasteiger partial charge < -0.3 is 24.7 Å². The van der Waals surface area contributed by atoms with Gasteiger partial charge in [0.25, 0.3) is 0 Å². The maximum absolute atomic E-state index is 10.8. The van der Waals surface area contributed by atoms with Gasteiger partial charge in [0.15, 0.2) is 11.5 Å². The second-order valence-corrected chi connectivity index (χ2v) is 6.35. The Bertz CT molecular complexity index is 880. The molecule has 148 valence electrons. The summed E-state index contributed by atoms with van der Waals surface area (Å²) < 4.78 is 22.2. The number of nitrogens with one attached hydrogen (secondary N) is 1. The molecule has 0 saturated heterocycles. The summed E-state index contributed by atoms with van der Waals surface area (Å²) in [7, 11) is 1.64. The Balaban J connectivity index is 1.86. The molecule has 1 heterocycles. The number of hydrogen-bond acceptors (Lipinski definition) is 6. The molecular formula is C20H23N3O5. The van der Waals surface area contributed by atoms with Crippen molar-refractivity contribution < 1.29 is 23.7 Å². The second kappa shape index (κ2) is 8.51. The van der Waals surface area contributed by atoms with Crippen molar-refractivity contribution in [1.82, 2.24) is 5.43 Å². The number of urea groups is 1. The van der Waals surface area contributed by atoms with Crippen molar-refractivity contribution in [1.29, 1.82) is 0 Å². The first-order valence-electron chi connectivity index (χ1n) is 8.77. The molecule has 2 amide bonds. The van der Waals surface area contributed by atoms with Crippen molar-refractivity contribution in [3.63, 3.8) is 0 Å². The molecule has 1 aliphatic rings. The van der Waals surface area contributed by atoms with E-state index in [1.807, 2.05) is 36.4 Å². The van der Waals surface area contributed by atoms with Crippen LogP contribution in [0.2, 0.25) is 0 Å². The fourth-order valence-corrected chi connectivity index (χ4v) is 2.84. The summed E-state index contributed by atoms with van der Waals surface area (Å²) in [5.74, 6) is 2.80. The molecule has 2 aromatic rings. The highest BCUT2D eigenvalue weighted by atomic mass is 16.7. The molecule has 8 heteroatoms. The van der Waals surface area contributed by atoms with E-state index in [2.05, 4.69) is 17.5 Å². The fraction of sp³-hybridized carbons (Fsp3) is 0.300. The van der Waals surface area contributed by atoms with Crippen LogP contribution in [0.25, 0.3) is 0 Å². The van der Waals surface area contributed by atoms with Crippen LogP contribution in [0.15, 0.2) is 41.5 Å². The average Bonchev–Trinajstić information content (AvgIpc) is 3.16. The summed E-state index contributed by atoms with van der Waals surface area (Å²) in [6.45, 7) is 4.18. The topological polar surface area (TPSA) is 104 Å². The van der Waals surface area contributed by atoms with Crippen LogP contribution in [0, 0.1) is 0 Å². The highest BCUT2D eigenvalue weighted by Crippen LogP contribution is 2.42. The Morgan fingerprint density at radius 1 is 1.25 bits per heavy atom. The molecule has 1 atom stereocenters. The Morgan fingerprint density at radius 2 is 1.93 bits per heavy atom. The molecule has 8 nitrogen and oxygen atoms in total. The van der Waals surface area contributed by atoms with E-state index >= 15 is 0 Å². The van der Waals surface area contributed by atoms with Crippen LogP contribution in [-0.4, -0.2) is 32.3 Å². The number of nitrogens with two attached hydrogens (primary N) is 1. The Labute approximate surface area is 163 Å². The number of benzene rings is 2. The normalized spacial score (nSPS) is 13.8. The van der Waals surface area contributed by atoms with Crippen molar-refractivity contribution in [2.45, 2.75) is 19.8 Å². The largest absolute Gasteiger partial charge is 0.497 e. The first-order valence-corrected chi connectivity index (χ1v) is 8.77. The van der Waals surface area contributed by atoms with E-state index in [0.29, 0.717) is 23.0 Å². The summed E-state index contributed by atoms with van der Waals surface area (Å²) in [6, 6.07) is 10.9. The van der Waals surface area contributed by atoms with Crippen LogP contribution in [-0.2, 0) is 0 Å². The molecule has 28 heavy (non-hydrogen) atoms. The van der Waals surface area contributed by atoms with Crippen molar-refractivity contribution in [3.05, 3.63) is 47.5 Å². The van der Waals surface area contributed by atoms with Crippen LogP contribution < -0.4 is 30.1 Å². The van der Waals surface area contributed by atoms with E-state index in [4.69, 9.17) is 24.7 Å². The molecule has 1 unspecified atom stereocenters. The molecular weight excluding hydrogens is 362 g/mol. The molecule has 2 aromatic carbocycles. The predicted molar refractivity (Wildman–Crippen MR) is 104 cm³/mol. The fourth-order valence-electron chi connectivity index (χ4n) is 2.84. The summed E-state index contributed by atoms with van der Waals surface area (Å²) >= 11 is 0. The molecule has 0 aromatic heterocycles. The standard InChI is InChI=1S/C20H23N3O5/c1-12(22-23-20(21)24)10-26-17-9-19-18(27-11-28-19)8-16(17)13(2)14-4-6-15(25-3)7-5-14/h4-9,13H,10-11H2,1-3H3,(H3,21,23,24). The van der Waals surface area contributed by atoms with Gasteiger partial charge in [0, 0.05) is 17.5 Å². The molecule has 0 fully saturated rings. The lowest BCUT2D eigenvalue weighted by Crippen LogP contribution is -2.26. The minimum absolute atomic E-state index is 0.0383. The third-order valence-corrected chi connectivity index (χ3v) is 4.38. The molecule has 3 N–H and O–H groups in total. The predicted octanol–water partition coefficient (Wildman–Crippen LogP) is 3.00. The van der Waals surface area contributed by atoms with Gasteiger partial charge in [0.2, 0.25) is 6.79 Å². The number of hydrogen-bond donors (Lipinski definition) is 2. The summed E-state index contributed by atoms with van der Waals surface area (Å²) in [4.78, 5) is 10.8. The van der Waals surface area contributed by atoms with E-state index < -0.39 is 6.03 Å². The summed E-state index contributed by atoms with van der Waals surface area (Å²) in [5.41, 5.74) is 9.83. The van der Waals surface area contributed by atoms with Crippen LogP contribution in [0.4, 0.5) is 4.79 Å². The number of fused-ring (bicyclic) bond motifs is 1. The number of primary amides is 1. The molecule has 3 rings (SSSR count). The molecule has 0 bridgehead atoms. The summed E-state index contributed by atoms with van der Waals surface area (Å²) in [6.07, 6.45) is 0. The van der Waals surface area contributed by atoms with E-state index in [-0.39, 0.29) is 19.3 Å². The minimum Gasteiger partial charge on any atom is -0.497 e. The maximum Gasteiger partial charge on any atom is 0.332 e. The van der Waals surface area contributed by atoms with Gasteiger partial charge >= 0.3 is 6.03 Å². The Morgan fingerprint density at radius 3 is 2.57 bits per heavy atom. The minimum atomic E-state index is -0.726. The van der Waals surface area contributed by atoms with E-state index in [1.54, 1.807) is 14.0 Å². The van der Waals surface area contributed by atoms with Gasteiger partial charge in [-0.05, 0) is 30.7 Å². The van der Waals surface area contributed by atoms with Crippen molar-refractivity contribution in [2.24, 2.45) is 10.8 Å². The number of methoxy groups -OCH3 is 1. The lowest BCUT2D eigenvalue weighted by Gasteiger charge is -2.18. The van der Waals surface area contributed by atoms with Gasteiger partial charge in [-0.25, -0.2) is 10.2 Å². The first kappa shape index (κ1) is 19.3. The van der Waals surface area contributed by atoms with Crippen molar-refractivity contribution in [2.75, 3.05) is 20.5 Å². The first-order chi connectivity index (χ1) is 13.5. The van der Waals surface area contributed by atoms with E-state index in [1.165, 1.54) is 0 Å². The Kier molecular flexibility index (Phi) is 5.88. The van der Waals surface area contributed by atoms with Gasteiger partial charge in [0.05, 0.1) is 12.8 Å². The smallest absolute Gasteiger partial charge is 0.332 e. The van der Waals surface area contributed by atoms with Crippen LogP contribution in [0.5, 0.6) is 23.0 Å². The van der Waals surface area contributed by atoms with E-state index in [0.717, 1.165) is 16.9 Å². The van der Waals surface area contributed by atoms with Crippen LogP contribution in [0.3, 0.4) is 0 Å². The quantitative estimate of drug-likeness (QED) is 0.563. The van der Waals surface area contributed by atoms with Crippen LogP contribution in [0.1, 0.15) is 30.9 Å². The number of rotatable bonds is 7. The lowest BCUT2D eigenvalue weighted by atomic mass is 9.92. The zero-order chi connectivity index (χ0) is 20.1. The molecule has 1 aliphatic heterocycles. The lowest BCUT2D eigenvalue weighted by molar-refractivity contribution is 0.174. The second-order valence-electron chi connectivity index (χ2n) is 6.35. The molecule has 0 aliphatic carbocycles. The highest BCUT2D eigenvalue weighted by Gasteiger charge is 2.22. The van der Waals surface area contributed by atoms with Crippen LogP contribution >= 0.6 is 0 Å². The zero-order valence-corrected chi connectivity index (χ0v) is 16.0. The highest BCUT2D eigenvalue weighted by molar-refractivity contribution is 5.85. The van der Waals surface area contributed by atoms with Gasteiger partial charge in [0.1, 0.15) is 18.1 Å². The third-order valence-electron chi connectivity index (χ3n) is 4.38. The number of amides is 2. The van der Waals surface area contributed by atoms with Gasteiger partial charge in [-0.15, -0.1) is 0 Å². The number of ether oxygens (including phenoxy) is 4. The molecule has 0 spiro atoms. The Hall–Kier alpha value is -3.42. The molecule has 0 radical (unpaired) electrons. The van der Waals surface area contributed by atoms with Gasteiger partial charge in [-0.3, -0.25) is 0 Å². The monoisotopic (exact) mass is 385 g/mol. The SMILES string of the molecule is COc1ccc(C(C)c2cc3c(cc2OCC(C)=NNC(N)=O)OCO3)cc1. The number of carbonyl (C=O) groups is 1. The average molecular weight is 385 g/mol. The van der Waals surface area contributed by atoms with E-state index in [9.17, 15) is 4.79 Å². The van der Waals surface area contributed by atoms with Crippen molar-refractivity contribution >= 4 is 11.7 Å². The number of nitrogens with zero attached hydrogens (tertiary/aromatic N) is 1. The van der Waals surface area contributed by atoms with Gasteiger partial charge in [-0.1, -0.05) is 19.1 Å². The third kappa shape index (κ3) is 4.46. The number of carbonyl (C=O) groups excluding carboxylic acids is 1.